The summed E-state index contributed by atoms with van der Waals surface area (Å²) in [6, 6.07) is 10.1. The van der Waals surface area contributed by atoms with Crippen LogP contribution in [-0.2, 0) is 33.8 Å². The molecule has 1 unspecified atom stereocenters. The van der Waals surface area contributed by atoms with Crippen LogP contribution in [-0.4, -0.2) is 63.0 Å². The van der Waals surface area contributed by atoms with Gasteiger partial charge in [-0.25, -0.2) is 27.7 Å². The van der Waals surface area contributed by atoms with Crippen LogP contribution >= 0.6 is 0 Å². The van der Waals surface area contributed by atoms with Crippen LogP contribution < -0.4 is 20.3 Å². The number of hydrogen-bond acceptors (Lipinski definition) is 11. The second-order valence-corrected chi connectivity index (χ2v) is 13.8. The Morgan fingerprint density at radius 3 is 2.19 bits per heavy atom. The van der Waals surface area contributed by atoms with E-state index in [9.17, 15) is 27.6 Å². The minimum Gasteiger partial charge on any atom is -0.466 e. The van der Waals surface area contributed by atoms with Crippen molar-refractivity contribution in [2.24, 2.45) is 0 Å². The van der Waals surface area contributed by atoms with E-state index in [4.69, 9.17) is 24.4 Å². The first-order valence-corrected chi connectivity index (χ1v) is 16.3. The van der Waals surface area contributed by atoms with Gasteiger partial charge >= 0.3 is 24.2 Å². The summed E-state index contributed by atoms with van der Waals surface area (Å²) < 4.78 is 50.1. The Bertz CT molecular complexity index is 1610. The second kappa shape index (κ2) is 16.6. The number of carbonyl (C=O) groups excluding carboxylic acids is 4. The summed E-state index contributed by atoms with van der Waals surface area (Å²) in [5.41, 5.74) is -1.57. The van der Waals surface area contributed by atoms with E-state index in [1.165, 1.54) is 42.5 Å². The molecule has 48 heavy (non-hydrogen) atoms. The highest BCUT2D eigenvalue weighted by molar-refractivity contribution is 7.92. The van der Waals surface area contributed by atoms with Gasteiger partial charge in [0.2, 0.25) is 5.96 Å². The maximum absolute atomic E-state index is 13.6. The third kappa shape index (κ3) is 12.9. The van der Waals surface area contributed by atoms with Crippen molar-refractivity contribution in [1.29, 1.82) is 5.41 Å². The number of alkyl carbamates (subject to hydrolysis) is 2. The van der Waals surface area contributed by atoms with Gasteiger partial charge in [0.1, 0.15) is 17.8 Å². The molecule has 0 aliphatic heterocycles. The summed E-state index contributed by atoms with van der Waals surface area (Å²) in [7, 11) is -4.34. The van der Waals surface area contributed by atoms with Crippen molar-refractivity contribution in [3.63, 3.8) is 0 Å². The van der Waals surface area contributed by atoms with E-state index < -0.39 is 57.5 Å². The lowest BCUT2D eigenvalue weighted by Crippen LogP contribution is -2.49. The smallest absolute Gasteiger partial charge is 0.421 e. The SMILES string of the molecule is C=CCOC(=O)NC(CC(=O)OCC)c1cccc(NS(=O)(=O)c2cccc(N(C(=N)NC(=O)OC(C)(C)C)C(=O)OC(C)(C)C)c2)c1. The summed E-state index contributed by atoms with van der Waals surface area (Å²) in [6.45, 7) is 14.8. The number of nitrogens with zero attached hydrogens (tertiary/aromatic N) is 1. The van der Waals surface area contributed by atoms with Crippen molar-refractivity contribution in [1.82, 2.24) is 10.6 Å². The molecule has 4 N–H and O–H groups in total. The van der Waals surface area contributed by atoms with Gasteiger partial charge in [-0.05, 0) is 84.4 Å². The number of hydrogen-bond donors (Lipinski definition) is 4. The number of rotatable bonds is 11. The number of guanidine groups is 1. The highest BCUT2D eigenvalue weighted by Crippen LogP contribution is 2.26. The Kier molecular flexibility index (Phi) is 13.5. The van der Waals surface area contributed by atoms with Crippen molar-refractivity contribution in [3.8, 4) is 0 Å². The Hall–Kier alpha value is -5.12. The summed E-state index contributed by atoms with van der Waals surface area (Å²) >= 11 is 0. The molecule has 0 aliphatic carbocycles. The molecule has 0 radical (unpaired) electrons. The zero-order valence-corrected chi connectivity index (χ0v) is 28.9. The quantitative estimate of drug-likeness (QED) is 0.0757. The summed E-state index contributed by atoms with van der Waals surface area (Å²) in [6.07, 6.45) is -1.80. The Morgan fingerprint density at radius 2 is 1.58 bits per heavy atom. The van der Waals surface area contributed by atoms with Gasteiger partial charge in [-0.3, -0.25) is 20.2 Å². The zero-order valence-electron chi connectivity index (χ0n) is 28.0. The van der Waals surface area contributed by atoms with Crippen LogP contribution in [0.4, 0.5) is 25.8 Å². The lowest BCUT2D eigenvalue weighted by Gasteiger charge is -2.28. The predicted molar refractivity (Wildman–Crippen MR) is 178 cm³/mol. The molecule has 262 valence electrons. The molecule has 15 nitrogen and oxygen atoms in total. The fourth-order valence-corrected chi connectivity index (χ4v) is 4.96. The summed E-state index contributed by atoms with van der Waals surface area (Å²) in [5, 5.41) is 13.2. The van der Waals surface area contributed by atoms with Gasteiger partial charge < -0.3 is 24.3 Å². The van der Waals surface area contributed by atoms with Crippen LogP contribution in [0.15, 0.2) is 66.1 Å². The first-order valence-electron chi connectivity index (χ1n) is 14.8. The number of sulfonamides is 1. The normalized spacial score (nSPS) is 12.1. The molecular weight excluding hydrogens is 646 g/mol. The maximum Gasteiger partial charge on any atom is 0.421 e. The molecule has 2 aromatic rings. The number of carbonyl (C=O) groups is 4. The number of esters is 1. The van der Waals surface area contributed by atoms with Gasteiger partial charge in [0.25, 0.3) is 10.0 Å². The van der Waals surface area contributed by atoms with Crippen molar-refractivity contribution in [3.05, 3.63) is 66.7 Å². The average Bonchev–Trinajstić information content (AvgIpc) is 2.94. The maximum atomic E-state index is 13.6. The molecule has 0 fully saturated rings. The first-order chi connectivity index (χ1) is 22.2. The van der Waals surface area contributed by atoms with E-state index in [0.29, 0.717) is 10.5 Å². The molecule has 0 spiro atoms. The molecule has 2 aromatic carbocycles. The number of ether oxygens (including phenoxy) is 4. The number of benzene rings is 2. The van der Waals surface area contributed by atoms with E-state index >= 15 is 0 Å². The standard InChI is InChI=1S/C32H43N5O10S/c1-9-17-45-28(39)34-25(20-26(38)44-10-2)21-13-11-14-22(18-21)36-48(42,43)24-16-12-15-23(19-24)37(30(41)47-32(6,7)8)27(33)35-29(40)46-31(3,4)5/h9,11-16,18-19,25,36H,1,10,17,20H2,2-8H3,(H,34,39)(H2,33,35,40). The van der Waals surface area contributed by atoms with Crippen LogP contribution in [0.2, 0.25) is 0 Å². The topological polar surface area (TPSA) is 203 Å². The molecule has 0 saturated heterocycles. The lowest BCUT2D eigenvalue weighted by molar-refractivity contribution is -0.143. The van der Waals surface area contributed by atoms with Crippen molar-refractivity contribution >= 4 is 51.6 Å². The number of nitrogens with one attached hydrogen (secondary N) is 4. The fraction of sp³-hybridized carbons (Fsp3) is 0.406. The molecule has 0 heterocycles. The highest BCUT2D eigenvalue weighted by atomic mass is 32.2. The second-order valence-electron chi connectivity index (χ2n) is 12.1. The zero-order chi connectivity index (χ0) is 36.3. The molecular formula is C32H43N5O10S. The Balaban J connectivity index is 2.44. The largest absolute Gasteiger partial charge is 0.466 e. The lowest BCUT2D eigenvalue weighted by atomic mass is 10.0. The van der Waals surface area contributed by atoms with E-state index in [2.05, 4.69) is 21.9 Å². The van der Waals surface area contributed by atoms with Crippen LogP contribution in [0.25, 0.3) is 0 Å². The van der Waals surface area contributed by atoms with Gasteiger partial charge in [-0.1, -0.05) is 30.9 Å². The van der Waals surface area contributed by atoms with Crippen LogP contribution in [0.1, 0.15) is 66.5 Å². The van der Waals surface area contributed by atoms with Crippen molar-refractivity contribution in [2.75, 3.05) is 22.8 Å². The Labute approximate surface area is 280 Å². The molecule has 1 atom stereocenters. The van der Waals surface area contributed by atoms with Crippen molar-refractivity contribution in [2.45, 2.75) is 77.0 Å². The van der Waals surface area contributed by atoms with Crippen molar-refractivity contribution < 1.29 is 46.5 Å². The highest BCUT2D eigenvalue weighted by Gasteiger charge is 2.30. The fourth-order valence-electron chi connectivity index (χ4n) is 3.87. The van der Waals surface area contributed by atoms with E-state index in [1.807, 2.05) is 0 Å². The predicted octanol–water partition coefficient (Wildman–Crippen LogP) is 5.59. The van der Waals surface area contributed by atoms with E-state index in [0.717, 1.165) is 6.07 Å². The van der Waals surface area contributed by atoms with Gasteiger partial charge in [0, 0.05) is 5.69 Å². The summed E-state index contributed by atoms with van der Waals surface area (Å²) in [5.74, 6) is -1.35. The third-order valence-corrected chi connectivity index (χ3v) is 7.03. The molecule has 0 aromatic heterocycles. The van der Waals surface area contributed by atoms with Crippen LogP contribution in [0.5, 0.6) is 0 Å². The van der Waals surface area contributed by atoms with Gasteiger partial charge in [0.05, 0.1) is 29.7 Å². The Morgan fingerprint density at radius 1 is 0.938 bits per heavy atom. The molecule has 0 saturated carbocycles. The van der Waals surface area contributed by atoms with Crippen LogP contribution in [0.3, 0.4) is 0 Å². The summed E-state index contributed by atoms with van der Waals surface area (Å²) in [4.78, 5) is 50.5. The molecule has 0 bridgehead atoms. The van der Waals surface area contributed by atoms with E-state index in [1.54, 1.807) is 54.5 Å². The van der Waals surface area contributed by atoms with E-state index in [-0.39, 0.29) is 35.9 Å². The minimum atomic E-state index is -4.34. The van der Waals surface area contributed by atoms with Crippen LogP contribution in [0, 0.1) is 5.41 Å². The molecule has 3 amide bonds. The molecule has 2 rings (SSSR count). The monoisotopic (exact) mass is 689 g/mol. The number of anilines is 2. The minimum absolute atomic E-state index is 0.0707. The molecule has 0 aliphatic rings. The first kappa shape index (κ1) is 39.1. The van der Waals surface area contributed by atoms with Gasteiger partial charge in [-0.15, -0.1) is 0 Å². The average molecular weight is 690 g/mol. The molecule has 16 heteroatoms. The third-order valence-electron chi connectivity index (χ3n) is 5.65. The number of amides is 3. The van der Waals surface area contributed by atoms with Gasteiger partial charge in [-0.2, -0.15) is 0 Å². The van der Waals surface area contributed by atoms with Gasteiger partial charge in [0.15, 0.2) is 0 Å².